The van der Waals surface area contributed by atoms with Crippen LogP contribution in [0.25, 0.3) is 0 Å². The minimum Gasteiger partial charge on any atom is -0.545 e. The number of imidazole rings is 1. The third-order valence-corrected chi connectivity index (χ3v) is 1.28. The molecule has 4 nitrogen and oxygen atoms in total. The largest absolute Gasteiger partial charge is 3.00 e. The minimum absolute atomic E-state index is 0. The summed E-state index contributed by atoms with van der Waals surface area (Å²) in [7, 11) is 0. The molecule has 1 radical (unpaired) electrons. The van der Waals surface area contributed by atoms with Gasteiger partial charge >= 0.3 is 19.5 Å². The summed E-state index contributed by atoms with van der Waals surface area (Å²) in [4.78, 5) is 19.5. The molecule has 5 heteroatoms. The minimum atomic E-state index is 0. The van der Waals surface area contributed by atoms with Crippen molar-refractivity contribution in [3.8, 4) is 0 Å². The van der Waals surface area contributed by atoms with Gasteiger partial charge in [0.25, 0.3) is 0 Å². The normalized spacial score (nSPS) is 8.39. The van der Waals surface area contributed by atoms with Gasteiger partial charge in [-0.25, -0.2) is 4.98 Å². The summed E-state index contributed by atoms with van der Waals surface area (Å²) in [6.07, 6.45) is 5.60. The standard InChI is InChI=1S/C7H12N2.C4H9.2CHO.Ru/c1-7(2,3)9-5-4-8-6-9;1-4(2)3;2*1-2;/h4-6H,1-3H3;1-3H3;2*1H;/q;3*-1;+3. The third kappa shape index (κ3) is 20.6. The predicted molar refractivity (Wildman–Crippen MR) is 71.0 cm³/mol. The fraction of sp³-hybridized carbons (Fsp3) is 0.538. The first-order valence-electron chi connectivity index (χ1n) is 5.06. The first-order chi connectivity index (χ1) is 7.84. The van der Waals surface area contributed by atoms with Crippen LogP contribution in [0.2, 0.25) is 0 Å². The van der Waals surface area contributed by atoms with Crippen LogP contribution in [0.3, 0.4) is 0 Å². The van der Waals surface area contributed by atoms with Crippen LogP contribution < -0.4 is 0 Å². The quantitative estimate of drug-likeness (QED) is 0.414. The molecule has 0 aromatic carbocycles. The smallest absolute Gasteiger partial charge is 0.545 e. The third-order valence-electron chi connectivity index (χ3n) is 1.28. The summed E-state index contributed by atoms with van der Waals surface area (Å²) >= 11 is 0. The molecule has 1 heterocycles. The maximum atomic E-state index is 7.75. The van der Waals surface area contributed by atoms with Gasteiger partial charge in [-0.3, -0.25) is 13.6 Å². The molecule has 0 spiro atoms. The second-order valence-corrected chi connectivity index (χ2v) is 4.64. The van der Waals surface area contributed by atoms with Gasteiger partial charge in [-0.15, -0.1) is 0 Å². The number of hydrogen-bond donors (Lipinski definition) is 0. The first kappa shape index (κ1) is 25.9. The van der Waals surface area contributed by atoms with Crippen LogP contribution in [0.4, 0.5) is 0 Å². The Hall–Kier alpha value is -0.827. The molecule has 0 atom stereocenters. The molecule has 0 amide bonds. The summed E-state index contributed by atoms with van der Waals surface area (Å²) in [5, 5.41) is 0. The molecule has 0 unspecified atom stereocenters. The average Bonchev–Trinajstić information content (AvgIpc) is 2.75. The number of aromatic nitrogens is 2. The average molecular weight is 340 g/mol. The predicted octanol–water partition coefficient (Wildman–Crippen LogP) is 2.71. The van der Waals surface area contributed by atoms with Crippen molar-refractivity contribution >= 4 is 13.6 Å². The van der Waals surface area contributed by atoms with Crippen molar-refractivity contribution in [3.63, 3.8) is 0 Å². The van der Waals surface area contributed by atoms with E-state index in [1.54, 1.807) is 6.20 Å². The zero-order chi connectivity index (χ0) is 14.5. The van der Waals surface area contributed by atoms with Gasteiger partial charge in [0.1, 0.15) is 0 Å². The zero-order valence-electron chi connectivity index (χ0n) is 12.0. The zero-order valence-corrected chi connectivity index (χ0v) is 13.7. The molecule has 0 aliphatic rings. The van der Waals surface area contributed by atoms with E-state index in [1.165, 1.54) is 5.92 Å². The first-order valence-corrected chi connectivity index (χ1v) is 5.06. The van der Waals surface area contributed by atoms with Gasteiger partial charge in [0.05, 0.1) is 6.33 Å². The molecule has 105 valence electrons. The monoisotopic (exact) mass is 341 g/mol. The maximum absolute atomic E-state index is 7.75. The van der Waals surface area contributed by atoms with Crippen molar-refractivity contribution < 1.29 is 29.1 Å². The second kappa shape index (κ2) is 16.2. The molecular weight excluding hydrogens is 317 g/mol. The van der Waals surface area contributed by atoms with Crippen LogP contribution in [0, 0.1) is 5.92 Å². The molecule has 0 saturated heterocycles. The van der Waals surface area contributed by atoms with Gasteiger partial charge in [-0.05, 0) is 20.8 Å². The summed E-state index contributed by atoms with van der Waals surface area (Å²) in [5.74, 6) is 1.42. The van der Waals surface area contributed by atoms with Crippen molar-refractivity contribution in [2.24, 2.45) is 0 Å². The van der Waals surface area contributed by atoms with Gasteiger partial charge < -0.3 is 20.1 Å². The molecule has 0 fully saturated rings. The van der Waals surface area contributed by atoms with Crippen molar-refractivity contribution in [2.75, 3.05) is 0 Å². The molecular formula is C13H23N2O2Ru. The Labute approximate surface area is 124 Å². The van der Waals surface area contributed by atoms with E-state index in [0.29, 0.717) is 0 Å². The van der Waals surface area contributed by atoms with E-state index < -0.39 is 0 Å². The number of carbonyl (C=O) groups excluding carboxylic acids is 2. The van der Waals surface area contributed by atoms with Gasteiger partial charge in [0.2, 0.25) is 0 Å². The summed E-state index contributed by atoms with van der Waals surface area (Å²) in [6.45, 7) is 19.2. The molecule has 0 aliphatic carbocycles. The van der Waals surface area contributed by atoms with Crippen molar-refractivity contribution in [2.45, 2.75) is 47.1 Å². The second-order valence-electron chi connectivity index (χ2n) is 4.64. The number of nitrogens with zero attached hydrogens (tertiary/aromatic N) is 2. The molecule has 1 aromatic heterocycles. The Morgan fingerprint density at radius 3 is 1.50 bits per heavy atom. The van der Waals surface area contributed by atoms with E-state index in [-0.39, 0.29) is 25.0 Å². The summed E-state index contributed by atoms with van der Waals surface area (Å²) < 4.78 is 2.08. The molecule has 0 bridgehead atoms. The van der Waals surface area contributed by atoms with Gasteiger partial charge in [0.15, 0.2) is 0 Å². The van der Waals surface area contributed by atoms with Crippen LogP contribution in [0.5, 0.6) is 0 Å². The molecule has 0 N–H and O–H groups in total. The number of hydrogen-bond acceptors (Lipinski definition) is 3. The van der Waals surface area contributed by atoms with E-state index in [0.717, 1.165) is 0 Å². The van der Waals surface area contributed by atoms with Crippen LogP contribution in [0.1, 0.15) is 41.5 Å². The fourth-order valence-corrected chi connectivity index (χ4v) is 0.656. The van der Waals surface area contributed by atoms with E-state index >= 15 is 0 Å². The van der Waals surface area contributed by atoms with Crippen molar-refractivity contribution in [1.29, 1.82) is 0 Å². The Morgan fingerprint density at radius 1 is 1.06 bits per heavy atom. The van der Waals surface area contributed by atoms with E-state index in [4.69, 9.17) is 9.59 Å². The topological polar surface area (TPSA) is 52.0 Å². The molecule has 18 heavy (non-hydrogen) atoms. The maximum Gasteiger partial charge on any atom is 3.00 e. The van der Waals surface area contributed by atoms with E-state index in [1.807, 2.05) is 12.5 Å². The van der Waals surface area contributed by atoms with Crippen LogP contribution >= 0.6 is 0 Å². The van der Waals surface area contributed by atoms with Crippen LogP contribution in [0.15, 0.2) is 18.7 Å². The van der Waals surface area contributed by atoms with E-state index in [2.05, 4.69) is 64.7 Å². The summed E-state index contributed by atoms with van der Waals surface area (Å²) in [6, 6.07) is 0. The summed E-state index contributed by atoms with van der Waals surface area (Å²) in [5.41, 5.74) is 0.177. The van der Waals surface area contributed by atoms with Crippen LogP contribution in [-0.2, 0) is 34.6 Å². The van der Waals surface area contributed by atoms with Gasteiger partial charge in [-0.1, -0.05) is 0 Å². The number of rotatable bonds is 0. The fourth-order valence-electron chi connectivity index (χ4n) is 0.656. The Kier molecular flexibility index (Phi) is 23.3. The van der Waals surface area contributed by atoms with Crippen LogP contribution in [-0.4, -0.2) is 23.1 Å². The van der Waals surface area contributed by atoms with Gasteiger partial charge in [-0.2, -0.15) is 20.8 Å². The Morgan fingerprint density at radius 2 is 1.39 bits per heavy atom. The Balaban J connectivity index is -0.0000000937. The molecule has 0 aliphatic heterocycles. The van der Waals surface area contributed by atoms with Gasteiger partial charge in [0, 0.05) is 17.9 Å². The van der Waals surface area contributed by atoms with E-state index in [9.17, 15) is 0 Å². The molecule has 0 saturated carbocycles. The Bertz CT molecular complexity index is 239. The SMILES string of the molecule is CC(C)(C)n1ccnc1.C[C-](C)C.[CH-]=O.[CH-]=O.[Ru+3]. The molecule has 1 aromatic rings. The molecule has 1 rings (SSSR count). The van der Waals surface area contributed by atoms with Crippen molar-refractivity contribution in [3.05, 3.63) is 24.6 Å². The van der Waals surface area contributed by atoms with Crippen molar-refractivity contribution in [1.82, 2.24) is 9.55 Å².